The van der Waals surface area contributed by atoms with Gasteiger partial charge in [0.2, 0.25) is 0 Å². The number of hydrogen-bond donors (Lipinski definition) is 1. The molecule has 3 nitrogen and oxygen atoms in total. The van der Waals surface area contributed by atoms with Crippen molar-refractivity contribution in [3.8, 4) is 22.6 Å². The predicted octanol–water partition coefficient (Wildman–Crippen LogP) is 5.60. The molecule has 5 heteroatoms. The maximum Gasteiger partial charge on any atom is 0.139 e. The Bertz CT molecular complexity index is 994. The fraction of sp³-hybridized carbons (Fsp3) is 0. The van der Waals surface area contributed by atoms with Crippen molar-refractivity contribution in [2.45, 2.75) is 0 Å². The SMILES string of the molecule is Clc1ccc2nc(-c3ccc(-c4ccccn4)cc3Cl)[nH]c2c1. The van der Waals surface area contributed by atoms with Crippen LogP contribution in [0.1, 0.15) is 0 Å². The number of aromatic amines is 1. The first-order chi connectivity index (χ1) is 11.2. The topological polar surface area (TPSA) is 41.6 Å². The lowest BCUT2D eigenvalue weighted by molar-refractivity contribution is 1.31. The quantitative estimate of drug-likeness (QED) is 0.516. The van der Waals surface area contributed by atoms with E-state index in [0.29, 0.717) is 10.0 Å². The number of pyridine rings is 1. The molecule has 0 unspecified atom stereocenters. The maximum absolute atomic E-state index is 6.46. The summed E-state index contributed by atoms with van der Waals surface area (Å²) in [6.07, 6.45) is 1.76. The van der Waals surface area contributed by atoms with Crippen LogP contribution in [0.15, 0.2) is 60.8 Å². The summed E-state index contributed by atoms with van der Waals surface area (Å²) >= 11 is 12.5. The molecule has 0 saturated carbocycles. The molecular weight excluding hydrogens is 329 g/mol. The van der Waals surface area contributed by atoms with Crippen molar-refractivity contribution in [1.82, 2.24) is 15.0 Å². The Hall–Kier alpha value is -2.36. The molecule has 112 valence electrons. The monoisotopic (exact) mass is 339 g/mol. The summed E-state index contributed by atoms with van der Waals surface area (Å²) in [5.41, 5.74) is 4.45. The second-order valence-electron chi connectivity index (χ2n) is 5.16. The van der Waals surface area contributed by atoms with Gasteiger partial charge in [0.15, 0.2) is 0 Å². The van der Waals surface area contributed by atoms with E-state index in [-0.39, 0.29) is 0 Å². The van der Waals surface area contributed by atoms with Gasteiger partial charge in [-0.1, -0.05) is 35.3 Å². The summed E-state index contributed by atoms with van der Waals surface area (Å²) < 4.78 is 0. The van der Waals surface area contributed by atoms with E-state index < -0.39 is 0 Å². The maximum atomic E-state index is 6.46. The van der Waals surface area contributed by atoms with E-state index in [1.165, 1.54) is 0 Å². The number of nitrogens with one attached hydrogen (secondary N) is 1. The third-order valence-electron chi connectivity index (χ3n) is 3.63. The highest BCUT2D eigenvalue weighted by atomic mass is 35.5. The molecule has 0 aliphatic heterocycles. The summed E-state index contributed by atoms with van der Waals surface area (Å²) in [6, 6.07) is 17.2. The van der Waals surface area contributed by atoms with Crippen LogP contribution in [0.4, 0.5) is 0 Å². The summed E-state index contributed by atoms with van der Waals surface area (Å²) in [6.45, 7) is 0. The van der Waals surface area contributed by atoms with Gasteiger partial charge in [0.25, 0.3) is 0 Å². The molecule has 23 heavy (non-hydrogen) atoms. The summed E-state index contributed by atoms with van der Waals surface area (Å²) in [5, 5.41) is 1.29. The van der Waals surface area contributed by atoms with E-state index in [0.717, 1.165) is 33.7 Å². The second-order valence-corrected chi connectivity index (χ2v) is 6.00. The first-order valence-corrected chi connectivity index (χ1v) is 7.83. The van der Waals surface area contributed by atoms with Gasteiger partial charge in [0.05, 0.1) is 21.7 Å². The molecule has 4 rings (SSSR count). The Morgan fingerprint density at radius 3 is 2.61 bits per heavy atom. The lowest BCUT2D eigenvalue weighted by atomic mass is 10.1. The van der Waals surface area contributed by atoms with Crippen molar-refractivity contribution in [2.75, 3.05) is 0 Å². The average Bonchev–Trinajstić information content (AvgIpc) is 2.98. The number of imidazole rings is 1. The zero-order valence-electron chi connectivity index (χ0n) is 11.9. The number of hydrogen-bond acceptors (Lipinski definition) is 2. The van der Waals surface area contributed by atoms with Crippen molar-refractivity contribution in [3.05, 3.63) is 70.8 Å². The fourth-order valence-corrected chi connectivity index (χ4v) is 2.95. The van der Waals surface area contributed by atoms with Crippen LogP contribution in [0.2, 0.25) is 10.0 Å². The van der Waals surface area contributed by atoms with Crippen LogP contribution in [0.5, 0.6) is 0 Å². The molecule has 0 radical (unpaired) electrons. The van der Waals surface area contributed by atoms with E-state index in [1.54, 1.807) is 6.20 Å². The number of halogens is 2. The van der Waals surface area contributed by atoms with Gasteiger partial charge < -0.3 is 4.98 Å². The van der Waals surface area contributed by atoms with Crippen LogP contribution in [-0.2, 0) is 0 Å². The third kappa shape index (κ3) is 2.69. The van der Waals surface area contributed by atoms with Gasteiger partial charge in [-0.2, -0.15) is 0 Å². The molecule has 2 aromatic heterocycles. The number of rotatable bonds is 2. The average molecular weight is 340 g/mol. The van der Waals surface area contributed by atoms with Crippen molar-refractivity contribution < 1.29 is 0 Å². The number of benzene rings is 2. The van der Waals surface area contributed by atoms with E-state index in [2.05, 4.69) is 15.0 Å². The van der Waals surface area contributed by atoms with Crippen LogP contribution < -0.4 is 0 Å². The number of H-pyrrole nitrogens is 1. The Kier molecular flexibility index (Phi) is 3.52. The standard InChI is InChI=1S/C18H11Cl2N3/c19-12-5-7-16-17(10-12)23-18(22-16)13-6-4-11(9-14(13)20)15-3-1-2-8-21-15/h1-10H,(H,22,23). The van der Waals surface area contributed by atoms with Gasteiger partial charge in [-0.05, 0) is 42.5 Å². The van der Waals surface area contributed by atoms with Gasteiger partial charge in [-0.25, -0.2) is 4.98 Å². The van der Waals surface area contributed by atoms with E-state index in [1.807, 2.05) is 54.6 Å². The first kappa shape index (κ1) is 14.2. The van der Waals surface area contributed by atoms with Gasteiger partial charge in [-0.3, -0.25) is 4.98 Å². The Balaban J connectivity index is 1.79. The second kappa shape index (κ2) is 5.69. The summed E-state index contributed by atoms with van der Waals surface area (Å²) in [7, 11) is 0. The predicted molar refractivity (Wildman–Crippen MR) is 94.8 cm³/mol. The van der Waals surface area contributed by atoms with Gasteiger partial charge in [0.1, 0.15) is 5.82 Å². The normalized spacial score (nSPS) is 11.0. The van der Waals surface area contributed by atoms with Crippen LogP contribution in [0.3, 0.4) is 0 Å². The smallest absolute Gasteiger partial charge is 0.139 e. The molecular formula is C18H11Cl2N3. The first-order valence-electron chi connectivity index (χ1n) is 7.07. The molecule has 0 fully saturated rings. The highest BCUT2D eigenvalue weighted by Gasteiger charge is 2.11. The van der Waals surface area contributed by atoms with Crippen molar-refractivity contribution in [3.63, 3.8) is 0 Å². The van der Waals surface area contributed by atoms with Crippen LogP contribution >= 0.6 is 23.2 Å². The fourth-order valence-electron chi connectivity index (χ4n) is 2.51. The molecule has 0 atom stereocenters. The Morgan fingerprint density at radius 1 is 0.913 bits per heavy atom. The lowest BCUT2D eigenvalue weighted by Gasteiger charge is -2.05. The minimum absolute atomic E-state index is 0.623. The Morgan fingerprint density at radius 2 is 1.83 bits per heavy atom. The molecule has 0 spiro atoms. The molecule has 0 aliphatic carbocycles. The molecule has 0 bridgehead atoms. The molecule has 0 aliphatic rings. The van der Waals surface area contributed by atoms with Crippen molar-refractivity contribution in [1.29, 1.82) is 0 Å². The third-order valence-corrected chi connectivity index (χ3v) is 4.18. The van der Waals surface area contributed by atoms with Gasteiger partial charge in [-0.15, -0.1) is 0 Å². The van der Waals surface area contributed by atoms with E-state index in [4.69, 9.17) is 23.2 Å². The zero-order valence-corrected chi connectivity index (χ0v) is 13.4. The zero-order chi connectivity index (χ0) is 15.8. The summed E-state index contributed by atoms with van der Waals surface area (Å²) in [5.74, 6) is 0.722. The number of nitrogens with zero attached hydrogens (tertiary/aromatic N) is 2. The van der Waals surface area contributed by atoms with Gasteiger partial charge >= 0.3 is 0 Å². The highest BCUT2D eigenvalue weighted by molar-refractivity contribution is 6.33. The van der Waals surface area contributed by atoms with Crippen LogP contribution in [0, 0.1) is 0 Å². The molecule has 1 N–H and O–H groups in total. The minimum Gasteiger partial charge on any atom is -0.338 e. The largest absolute Gasteiger partial charge is 0.338 e. The van der Waals surface area contributed by atoms with Crippen LogP contribution in [0.25, 0.3) is 33.7 Å². The molecule has 4 aromatic rings. The van der Waals surface area contributed by atoms with E-state index in [9.17, 15) is 0 Å². The molecule has 0 amide bonds. The number of fused-ring (bicyclic) bond motifs is 1. The summed E-state index contributed by atoms with van der Waals surface area (Å²) in [4.78, 5) is 12.2. The molecule has 2 heterocycles. The van der Waals surface area contributed by atoms with Crippen LogP contribution in [-0.4, -0.2) is 15.0 Å². The molecule has 0 saturated heterocycles. The van der Waals surface area contributed by atoms with Crippen molar-refractivity contribution >= 4 is 34.2 Å². The number of aromatic nitrogens is 3. The molecule has 2 aromatic carbocycles. The van der Waals surface area contributed by atoms with Gasteiger partial charge in [0, 0.05) is 22.3 Å². The minimum atomic E-state index is 0.623. The lowest BCUT2D eigenvalue weighted by Crippen LogP contribution is -1.86. The van der Waals surface area contributed by atoms with E-state index >= 15 is 0 Å². The Labute approximate surface area is 142 Å². The highest BCUT2D eigenvalue weighted by Crippen LogP contribution is 2.31. The van der Waals surface area contributed by atoms with Crippen molar-refractivity contribution in [2.24, 2.45) is 0 Å².